The van der Waals surface area contributed by atoms with Crippen LogP contribution >= 0.6 is 0 Å². The number of carbonyl (C=O) groups is 2. The Morgan fingerprint density at radius 2 is 1.88 bits per heavy atom. The van der Waals surface area contributed by atoms with Gasteiger partial charge in [0.25, 0.3) is 0 Å². The normalized spacial score (nSPS) is 21.2. The molecule has 138 valence electrons. The molecule has 25 heavy (non-hydrogen) atoms. The molecule has 8 heteroatoms. The minimum Gasteiger partial charge on any atom is -0.375 e. The topological polar surface area (TPSA) is 92.8 Å². The molecule has 0 aromatic heterocycles. The molecule has 1 saturated heterocycles. The second kappa shape index (κ2) is 8.07. The maximum Gasteiger partial charge on any atom is 0.240 e. The van der Waals surface area contributed by atoms with Crippen molar-refractivity contribution in [3.63, 3.8) is 0 Å². The van der Waals surface area contributed by atoms with Gasteiger partial charge >= 0.3 is 0 Å². The van der Waals surface area contributed by atoms with Gasteiger partial charge in [0.2, 0.25) is 15.9 Å². The molecular weight excluding hydrogens is 344 g/mol. The molecule has 0 spiro atoms. The number of Topliss-reactive ketones (excluding diaryl/α,β-unsaturated/α-hetero) is 1. The molecule has 1 N–H and O–H groups in total. The Kier molecular flexibility index (Phi) is 6.31. The molecule has 1 aliphatic heterocycles. The van der Waals surface area contributed by atoms with Gasteiger partial charge in [-0.15, -0.1) is 0 Å². The number of morpholine rings is 1. The molecule has 2 atom stereocenters. The molecule has 0 bridgehead atoms. The summed E-state index contributed by atoms with van der Waals surface area (Å²) in [5, 5.41) is 0. The summed E-state index contributed by atoms with van der Waals surface area (Å²) in [4.78, 5) is 25.3. The van der Waals surface area contributed by atoms with Gasteiger partial charge in [0.05, 0.1) is 23.6 Å². The van der Waals surface area contributed by atoms with Crippen LogP contribution < -0.4 is 4.72 Å². The highest BCUT2D eigenvalue weighted by molar-refractivity contribution is 7.89. The van der Waals surface area contributed by atoms with Gasteiger partial charge in [-0.1, -0.05) is 12.1 Å². The van der Waals surface area contributed by atoms with Crippen molar-refractivity contribution >= 4 is 21.7 Å². The number of benzene rings is 1. The Labute approximate surface area is 148 Å². The van der Waals surface area contributed by atoms with Crippen LogP contribution in [-0.4, -0.2) is 56.9 Å². The number of sulfonamides is 1. The zero-order chi connectivity index (χ0) is 18.6. The van der Waals surface area contributed by atoms with Gasteiger partial charge in [-0.25, -0.2) is 13.1 Å². The van der Waals surface area contributed by atoms with Crippen LogP contribution in [0, 0.1) is 0 Å². The third kappa shape index (κ3) is 5.10. The molecule has 1 aromatic carbocycles. The van der Waals surface area contributed by atoms with Crippen LogP contribution in [0.1, 0.15) is 37.6 Å². The molecule has 1 aromatic rings. The fourth-order valence-corrected chi connectivity index (χ4v) is 3.67. The summed E-state index contributed by atoms with van der Waals surface area (Å²) < 4.78 is 32.4. The predicted octanol–water partition coefficient (Wildman–Crippen LogP) is 1.19. The van der Waals surface area contributed by atoms with E-state index in [0.29, 0.717) is 18.7 Å². The first-order chi connectivity index (χ1) is 11.7. The molecule has 2 rings (SSSR count). The Morgan fingerprint density at radius 3 is 2.48 bits per heavy atom. The number of rotatable bonds is 6. The van der Waals surface area contributed by atoms with Gasteiger partial charge in [0, 0.05) is 25.1 Å². The van der Waals surface area contributed by atoms with Crippen LogP contribution in [0.2, 0.25) is 0 Å². The van der Waals surface area contributed by atoms with E-state index in [4.69, 9.17) is 4.74 Å². The van der Waals surface area contributed by atoms with E-state index in [1.807, 2.05) is 13.8 Å². The van der Waals surface area contributed by atoms with E-state index in [1.165, 1.54) is 31.2 Å². The van der Waals surface area contributed by atoms with E-state index in [1.54, 1.807) is 4.90 Å². The highest BCUT2D eigenvalue weighted by atomic mass is 32.2. The fourth-order valence-electron chi connectivity index (χ4n) is 2.64. The van der Waals surface area contributed by atoms with E-state index in [0.717, 1.165) is 0 Å². The van der Waals surface area contributed by atoms with Crippen molar-refractivity contribution in [3.05, 3.63) is 29.8 Å². The third-order valence-corrected chi connectivity index (χ3v) is 5.61. The number of hydrogen-bond acceptors (Lipinski definition) is 5. The van der Waals surface area contributed by atoms with E-state index in [2.05, 4.69) is 4.72 Å². The molecule has 0 saturated carbocycles. The summed E-state index contributed by atoms with van der Waals surface area (Å²) in [5.41, 5.74) is 0.449. The smallest absolute Gasteiger partial charge is 0.240 e. The van der Waals surface area contributed by atoms with E-state index >= 15 is 0 Å². The standard InChI is InChI=1S/C17H24N2O5S/c1-12-11-24-13(2)10-19(12)17(21)8-9-18-25(22,23)16-6-4-15(5-7-16)14(3)20/h4-7,12-13,18H,8-11H2,1-3H3. The summed E-state index contributed by atoms with van der Waals surface area (Å²) in [6.07, 6.45) is 0.0681. The number of ether oxygens (including phenoxy) is 1. The molecule has 0 aliphatic carbocycles. The van der Waals surface area contributed by atoms with Crippen LogP contribution in [0.25, 0.3) is 0 Å². The van der Waals surface area contributed by atoms with Crippen molar-refractivity contribution in [2.24, 2.45) is 0 Å². The quantitative estimate of drug-likeness (QED) is 0.762. The van der Waals surface area contributed by atoms with Crippen molar-refractivity contribution in [3.8, 4) is 0 Å². The van der Waals surface area contributed by atoms with Crippen molar-refractivity contribution in [1.29, 1.82) is 0 Å². The van der Waals surface area contributed by atoms with Gasteiger partial charge in [0.1, 0.15) is 0 Å². The summed E-state index contributed by atoms with van der Waals surface area (Å²) in [7, 11) is -3.71. The van der Waals surface area contributed by atoms with Crippen LogP contribution in [0.15, 0.2) is 29.2 Å². The van der Waals surface area contributed by atoms with E-state index in [9.17, 15) is 18.0 Å². The van der Waals surface area contributed by atoms with Crippen LogP contribution in [0.5, 0.6) is 0 Å². The summed E-state index contributed by atoms with van der Waals surface area (Å²) in [6.45, 7) is 6.25. The average Bonchev–Trinajstić information content (AvgIpc) is 2.56. The summed E-state index contributed by atoms with van der Waals surface area (Å²) in [5.74, 6) is -0.228. The second-order valence-corrected chi connectivity index (χ2v) is 8.03. The van der Waals surface area contributed by atoms with Gasteiger partial charge in [0.15, 0.2) is 5.78 Å². The number of nitrogens with zero attached hydrogens (tertiary/aromatic N) is 1. The first kappa shape index (κ1) is 19.6. The number of hydrogen-bond donors (Lipinski definition) is 1. The van der Waals surface area contributed by atoms with Crippen LogP contribution in [0.3, 0.4) is 0 Å². The van der Waals surface area contributed by atoms with Crippen LogP contribution in [0.4, 0.5) is 0 Å². The molecular formula is C17H24N2O5S. The van der Waals surface area contributed by atoms with Gasteiger partial charge < -0.3 is 9.64 Å². The number of amides is 1. The second-order valence-electron chi connectivity index (χ2n) is 6.27. The lowest BCUT2D eigenvalue weighted by Gasteiger charge is -2.36. The fraction of sp³-hybridized carbons (Fsp3) is 0.529. The Balaban J connectivity index is 1.91. The maximum atomic E-state index is 12.3. The van der Waals surface area contributed by atoms with Gasteiger partial charge in [-0.2, -0.15) is 0 Å². The van der Waals surface area contributed by atoms with Crippen molar-refractivity contribution in [1.82, 2.24) is 9.62 Å². The average molecular weight is 368 g/mol. The van der Waals surface area contributed by atoms with E-state index < -0.39 is 10.0 Å². The summed E-state index contributed by atoms with van der Waals surface area (Å²) >= 11 is 0. The SMILES string of the molecule is CC(=O)c1ccc(S(=O)(=O)NCCC(=O)N2CC(C)OCC2C)cc1. The highest BCUT2D eigenvalue weighted by Crippen LogP contribution is 2.13. The van der Waals surface area contributed by atoms with Gasteiger partial charge in [-0.05, 0) is 32.9 Å². The largest absolute Gasteiger partial charge is 0.375 e. The number of nitrogens with one attached hydrogen (secondary N) is 1. The monoisotopic (exact) mass is 368 g/mol. The molecule has 1 heterocycles. The minimum atomic E-state index is -3.71. The van der Waals surface area contributed by atoms with Gasteiger partial charge in [-0.3, -0.25) is 9.59 Å². The molecule has 0 radical (unpaired) electrons. The lowest BCUT2D eigenvalue weighted by atomic mass is 10.2. The molecule has 1 fully saturated rings. The van der Waals surface area contributed by atoms with E-state index in [-0.39, 0.29) is 41.7 Å². The highest BCUT2D eigenvalue weighted by Gasteiger charge is 2.27. The number of ketones is 1. The Bertz CT molecular complexity index is 730. The first-order valence-corrected chi connectivity index (χ1v) is 9.71. The molecule has 1 aliphatic rings. The summed E-state index contributed by atoms with van der Waals surface area (Å²) in [6, 6.07) is 5.69. The Hall–Kier alpha value is -1.77. The molecule has 7 nitrogen and oxygen atoms in total. The zero-order valence-electron chi connectivity index (χ0n) is 14.7. The zero-order valence-corrected chi connectivity index (χ0v) is 15.5. The minimum absolute atomic E-state index is 0.0144. The lowest BCUT2D eigenvalue weighted by Crippen LogP contribution is -2.50. The third-order valence-electron chi connectivity index (χ3n) is 4.13. The van der Waals surface area contributed by atoms with Crippen LogP contribution in [-0.2, 0) is 19.6 Å². The van der Waals surface area contributed by atoms with Crippen molar-refractivity contribution < 1.29 is 22.7 Å². The lowest BCUT2D eigenvalue weighted by molar-refractivity contribution is -0.143. The van der Waals surface area contributed by atoms with Crippen molar-refractivity contribution in [2.45, 2.75) is 44.2 Å². The predicted molar refractivity (Wildman–Crippen MR) is 92.8 cm³/mol. The maximum absolute atomic E-state index is 12.3. The molecule has 1 amide bonds. The molecule has 2 unspecified atom stereocenters. The first-order valence-electron chi connectivity index (χ1n) is 8.22. The Morgan fingerprint density at radius 1 is 1.24 bits per heavy atom. The number of carbonyl (C=O) groups excluding carboxylic acids is 2. The van der Waals surface area contributed by atoms with Crippen molar-refractivity contribution in [2.75, 3.05) is 19.7 Å².